The lowest BCUT2D eigenvalue weighted by atomic mass is 9.92. The summed E-state index contributed by atoms with van der Waals surface area (Å²) in [5.41, 5.74) is 17.7. The maximum absolute atomic E-state index is 2.47. The van der Waals surface area contributed by atoms with Gasteiger partial charge in [0.05, 0.1) is 16.7 Å². The van der Waals surface area contributed by atoms with Gasteiger partial charge in [-0.2, -0.15) is 0 Å². The Bertz CT molecular complexity index is 2070. The highest BCUT2D eigenvalue weighted by molar-refractivity contribution is 6.10. The van der Waals surface area contributed by atoms with Gasteiger partial charge < -0.3 is 4.57 Å². The molecule has 0 saturated carbocycles. The van der Waals surface area contributed by atoms with E-state index < -0.39 is 0 Å². The minimum Gasteiger partial charge on any atom is -0.309 e. The van der Waals surface area contributed by atoms with Crippen LogP contribution in [0.25, 0.3) is 60.9 Å². The Kier molecular flexibility index (Phi) is 4.23. The quantitative estimate of drug-likeness (QED) is 0.225. The second kappa shape index (κ2) is 7.82. The molecule has 2 aliphatic carbocycles. The van der Waals surface area contributed by atoms with Gasteiger partial charge in [-0.15, -0.1) is 0 Å². The summed E-state index contributed by atoms with van der Waals surface area (Å²) in [6, 6.07) is 47.3. The van der Waals surface area contributed by atoms with Crippen LogP contribution in [0.5, 0.6) is 0 Å². The predicted molar refractivity (Wildman–Crippen MR) is 163 cm³/mol. The highest BCUT2D eigenvalue weighted by Crippen LogP contribution is 2.46. The largest absolute Gasteiger partial charge is 0.309 e. The number of rotatable bonds is 2. The van der Waals surface area contributed by atoms with E-state index in [1.54, 1.807) is 0 Å². The molecule has 9 rings (SSSR count). The third-order valence-electron chi connectivity index (χ3n) is 8.87. The van der Waals surface area contributed by atoms with Crippen LogP contribution in [0, 0.1) is 0 Å². The maximum Gasteiger partial charge on any atom is 0.0543 e. The molecule has 0 fully saturated rings. The first-order valence-electron chi connectivity index (χ1n) is 13.8. The van der Waals surface area contributed by atoms with Crippen molar-refractivity contribution in [2.24, 2.45) is 0 Å². The topological polar surface area (TPSA) is 4.93 Å². The molecule has 1 heteroatoms. The van der Waals surface area contributed by atoms with Gasteiger partial charge >= 0.3 is 0 Å². The van der Waals surface area contributed by atoms with Gasteiger partial charge in [0.25, 0.3) is 0 Å². The molecule has 6 aromatic carbocycles. The van der Waals surface area contributed by atoms with Crippen molar-refractivity contribution in [3.63, 3.8) is 0 Å². The molecule has 2 aliphatic rings. The maximum atomic E-state index is 2.47. The van der Waals surface area contributed by atoms with Crippen LogP contribution in [0.1, 0.15) is 22.3 Å². The van der Waals surface area contributed by atoms with Crippen molar-refractivity contribution in [1.29, 1.82) is 0 Å². The number of nitrogens with zero attached hydrogens (tertiary/aromatic N) is 1. The fraction of sp³-hybridized carbons (Fsp3) is 0.0526. The smallest absolute Gasteiger partial charge is 0.0543 e. The number of benzene rings is 6. The molecule has 39 heavy (non-hydrogen) atoms. The van der Waals surface area contributed by atoms with E-state index in [-0.39, 0.29) is 0 Å². The van der Waals surface area contributed by atoms with E-state index in [9.17, 15) is 0 Å². The number of para-hydroxylation sites is 2. The van der Waals surface area contributed by atoms with Crippen LogP contribution in [0.15, 0.2) is 127 Å². The lowest BCUT2D eigenvalue weighted by molar-refractivity contribution is 1.17. The van der Waals surface area contributed by atoms with Gasteiger partial charge in [-0.05, 0) is 87.2 Å². The zero-order valence-corrected chi connectivity index (χ0v) is 21.5. The molecule has 0 amide bonds. The average molecular weight is 496 g/mol. The summed E-state index contributed by atoms with van der Waals surface area (Å²) in [7, 11) is 0. The Hall–Kier alpha value is -4.88. The first-order valence-corrected chi connectivity index (χ1v) is 13.8. The fourth-order valence-electron chi connectivity index (χ4n) is 7.18. The van der Waals surface area contributed by atoms with E-state index in [1.807, 2.05) is 0 Å². The summed E-state index contributed by atoms with van der Waals surface area (Å²) >= 11 is 0. The van der Waals surface area contributed by atoms with E-state index in [0.717, 1.165) is 12.8 Å². The summed E-state index contributed by atoms with van der Waals surface area (Å²) in [4.78, 5) is 0. The van der Waals surface area contributed by atoms with Gasteiger partial charge in [0.2, 0.25) is 0 Å². The van der Waals surface area contributed by atoms with Crippen molar-refractivity contribution in [3.8, 4) is 39.1 Å². The Morgan fingerprint density at radius 2 is 1.08 bits per heavy atom. The zero-order chi connectivity index (χ0) is 25.5. The Labute approximate surface area is 227 Å². The third-order valence-corrected chi connectivity index (χ3v) is 8.87. The molecule has 182 valence electrons. The number of hydrogen-bond donors (Lipinski definition) is 0. The van der Waals surface area contributed by atoms with Crippen molar-refractivity contribution in [1.82, 2.24) is 4.57 Å². The molecular weight excluding hydrogens is 470 g/mol. The average Bonchev–Trinajstić information content (AvgIpc) is 3.66. The summed E-state index contributed by atoms with van der Waals surface area (Å²) in [6.45, 7) is 0. The first kappa shape index (κ1) is 21.1. The molecule has 1 nitrogen and oxygen atoms in total. The van der Waals surface area contributed by atoms with E-state index in [4.69, 9.17) is 0 Å². The van der Waals surface area contributed by atoms with Gasteiger partial charge in [0.1, 0.15) is 0 Å². The molecule has 0 N–H and O–H groups in total. The van der Waals surface area contributed by atoms with Crippen molar-refractivity contribution >= 4 is 21.8 Å². The molecule has 7 aromatic rings. The monoisotopic (exact) mass is 495 g/mol. The highest BCUT2D eigenvalue weighted by Gasteiger charge is 2.26. The Morgan fingerprint density at radius 3 is 1.92 bits per heavy atom. The standard InChI is InChI=1S/C38H25N/c1-2-11-28-24(9-1)23-34-29(14-8-15-30(28)34)26-20-19-25-21-27-10-7-18-37(38(27)33(25)22-26)39-35-16-5-3-12-31(35)32-13-4-6-17-36(32)39/h1-20,22H,21,23H2. The molecule has 0 aliphatic heterocycles. The van der Waals surface area contributed by atoms with Crippen LogP contribution in [-0.2, 0) is 12.8 Å². The fourth-order valence-corrected chi connectivity index (χ4v) is 7.18. The molecule has 0 saturated heterocycles. The second-order valence-corrected chi connectivity index (χ2v) is 10.9. The van der Waals surface area contributed by atoms with E-state index in [2.05, 4.69) is 132 Å². The SMILES string of the molecule is c1ccc2c(c1)Cc1c(-c3ccc4c(c3)-c3c(cccc3-n3c5ccccc5c5ccccc53)C4)cccc1-2. The summed E-state index contributed by atoms with van der Waals surface area (Å²) in [5, 5.41) is 2.61. The first-order chi connectivity index (χ1) is 19.3. The van der Waals surface area contributed by atoms with Crippen LogP contribution in [0.4, 0.5) is 0 Å². The van der Waals surface area contributed by atoms with Gasteiger partial charge in [0, 0.05) is 16.3 Å². The second-order valence-electron chi connectivity index (χ2n) is 10.9. The van der Waals surface area contributed by atoms with E-state index in [1.165, 1.54) is 83.1 Å². The Morgan fingerprint density at radius 1 is 0.436 bits per heavy atom. The van der Waals surface area contributed by atoms with Crippen molar-refractivity contribution in [3.05, 3.63) is 150 Å². The molecular formula is C38H25N. The number of aromatic nitrogens is 1. The Balaban J connectivity index is 1.27. The van der Waals surface area contributed by atoms with Crippen LogP contribution in [0.2, 0.25) is 0 Å². The molecule has 0 unspecified atom stereocenters. The lowest BCUT2D eigenvalue weighted by Crippen LogP contribution is -1.97. The molecule has 1 heterocycles. The molecule has 0 bridgehead atoms. The summed E-state index contributed by atoms with van der Waals surface area (Å²) in [6.07, 6.45) is 1.98. The minimum absolute atomic E-state index is 0.980. The summed E-state index contributed by atoms with van der Waals surface area (Å²) in [5.74, 6) is 0. The van der Waals surface area contributed by atoms with Gasteiger partial charge in [-0.1, -0.05) is 103 Å². The molecule has 0 spiro atoms. The van der Waals surface area contributed by atoms with Crippen LogP contribution < -0.4 is 0 Å². The number of fused-ring (bicyclic) bond motifs is 9. The van der Waals surface area contributed by atoms with Crippen molar-refractivity contribution in [2.45, 2.75) is 12.8 Å². The van der Waals surface area contributed by atoms with Crippen LogP contribution in [0.3, 0.4) is 0 Å². The molecule has 0 radical (unpaired) electrons. The van der Waals surface area contributed by atoms with E-state index in [0.29, 0.717) is 0 Å². The normalized spacial score (nSPS) is 12.9. The van der Waals surface area contributed by atoms with Gasteiger partial charge in [0.15, 0.2) is 0 Å². The highest BCUT2D eigenvalue weighted by atomic mass is 15.0. The minimum atomic E-state index is 0.980. The van der Waals surface area contributed by atoms with Crippen molar-refractivity contribution in [2.75, 3.05) is 0 Å². The number of hydrogen-bond acceptors (Lipinski definition) is 0. The predicted octanol–water partition coefficient (Wildman–Crippen LogP) is 9.59. The van der Waals surface area contributed by atoms with Crippen LogP contribution >= 0.6 is 0 Å². The zero-order valence-electron chi connectivity index (χ0n) is 21.5. The van der Waals surface area contributed by atoms with E-state index >= 15 is 0 Å². The van der Waals surface area contributed by atoms with Gasteiger partial charge in [-0.3, -0.25) is 0 Å². The summed E-state index contributed by atoms with van der Waals surface area (Å²) < 4.78 is 2.47. The van der Waals surface area contributed by atoms with Crippen molar-refractivity contribution < 1.29 is 0 Å². The molecule has 0 atom stereocenters. The van der Waals surface area contributed by atoms with Crippen LogP contribution in [-0.4, -0.2) is 4.57 Å². The van der Waals surface area contributed by atoms with Gasteiger partial charge in [-0.25, -0.2) is 0 Å². The third kappa shape index (κ3) is 2.90. The molecule has 1 aromatic heterocycles. The lowest BCUT2D eigenvalue weighted by Gasteiger charge is -2.15.